The van der Waals surface area contributed by atoms with Crippen LogP contribution in [0.3, 0.4) is 0 Å². The fraction of sp³-hybridized carbons (Fsp3) is 0. The molecule has 5 aromatic rings. The Hall–Kier alpha value is -3.54. The van der Waals surface area contributed by atoms with Gasteiger partial charge >= 0.3 is 5.52 Å². The van der Waals surface area contributed by atoms with Crippen LogP contribution in [0, 0.1) is 0 Å². The quantitative estimate of drug-likeness (QED) is 0.322. The van der Waals surface area contributed by atoms with Gasteiger partial charge in [-0.25, -0.2) is 4.79 Å². The highest BCUT2D eigenvalue weighted by Gasteiger charge is 2.53. The zero-order valence-corrected chi connectivity index (χ0v) is 18.0. The van der Waals surface area contributed by atoms with Gasteiger partial charge in [0.25, 0.3) is 0 Å². The van der Waals surface area contributed by atoms with Crippen LogP contribution in [0.1, 0.15) is 10.4 Å². The maximum Gasteiger partial charge on any atom is 0.314 e. The Kier molecular flexibility index (Phi) is 5.20. The summed E-state index contributed by atoms with van der Waals surface area (Å²) in [6.45, 7) is 0. The van der Waals surface area contributed by atoms with Crippen LogP contribution in [0.15, 0.2) is 133 Å². The number of fused-ring (bicyclic) bond motifs is 1. The normalized spacial score (nSPS) is 11.4. The molecular formula is C29H22OP+. The van der Waals surface area contributed by atoms with Gasteiger partial charge in [0, 0.05) is 0 Å². The summed E-state index contributed by atoms with van der Waals surface area (Å²) in [4.78, 5) is 14.7. The second-order valence-electron chi connectivity index (χ2n) is 7.51. The lowest BCUT2D eigenvalue weighted by Crippen LogP contribution is -2.36. The van der Waals surface area contributed by atoms with Crippen LogP contribution in [0.5, 0.6) is 0 Å². The molecule has 31 heavy (non-hydrogen) atoms. The molecule has 1 nitrogen and oxygen atoms in total. The summed E-state index contributed by atoms with van der Waals surface area (Å²) in [5.74, 6) is 0. The SMILES string of the molecule is O=C(c1cccc2ccccc12)[P+](c1ccccc1)(c1ccccc1)c1ccccc1. The van der Waals surface area contributed by atoms with Gasteiger partial charge in [0.2, 0.25) is 0 Å². The molecule has 0 aliphatic carbocycles. The van der Waals surface area contributed by atoms with E-state index in [-0.39, 0.29) is 5.52 Å². The topological polar surface area (TPSA) is 17.1 Å². The molecule has 0 aliphatic heterocycles. The van der Waals surface area contributed by atoms with Crippen LogP contribution in [0.4, 0.5) is 0 Å². The van der Waals surface area contributed by atoms with Crippen molar-refractivity contribution in [3.63, 3.8) is 0 Å². The number of rotatable bonds is 5. The lowest BCUT2D eigenvalue weighted by molar-refractivity contribution is 0.108. The molecule has 0 aromatic heterocycles. The smallest absolute Gasteiger partial charge is 0.246 e. The summed E-state index contributed by atoms with van der Waals surface area (Å²) >= 11 is 0. The molecule has 0 radical (unpaired) electrons. The molecule has 0 heterocycles. The summed E-state index contributed by atoms with van der Waals surface area (Å²) in [6.07, 6.45) is 0. The molecule has 0 unspecified atom stereocenters. The average Bonchev–Trinajstić information content (AvgIpc) is 2.86. The highest BCUT2D eigenvalue weighted by Crippen LogP contribution is 2.58. The molecule has 5 aromatic carbocycles. The molecule has 0 fully saturated rings. The predicted octanol–water partition coefficient (Wildman–Crippen LogP) is 5.97. The van der Waals surface area contributed by atoms with Crippen molar-refractivity contribution in [2.45, 2.75) is 0 Å². The number of carbonyl (C=O) groups excluding carboxylic acids is 1. The summed E-state index contributed by atoms with van der Waals surface area (Å²) in [5, 5.41) is 5.31. The molecule has 0 atom stereocenters. The van der Waals surface area contributed by atoms with Crippen molar-refractivity contribution in [1.29, 1.82) is 0 Å². The fourth-order valence-electron chi connectivity index (χ4n) is 4.35. The van der Waals surface area contributed by atoms with Gasteiger partial charge < -0.3 is 0 Å². The molecule has 2 heteroatoms. The van der Waals surface area contributed by atoms with Crippen LogP contribution in [0.25, 0.3) is 10.8 Å². The van der Waals surface area contributed by atoms with Crippen LogP contribution in [0.2, 0.25) is 0 Å². The fourth-order valence-corrected chi connectivity index (χ4v) is 8.36. The van der Waals surface area contributed by atoms with Crippen molar-refractivity contribution < 1.29 is 4.79 Å². The van der Waals surface area contributed by atoms with E-state index in [4.69, 9.17) is 0 Å². The Labute approximate surface area is 183 Å². The van der Waals surface area contributed by atoms with Crippen molar-refractivity contribution in [3.05, 3.63) is 139 Å². The lowest BCUT2D eigenvalue weighted by atomic mass is 10.1. The Morgan fingerprint density at radius 2 is 0.871 bits per heavy atom. The third kappa shape index (κ3) is 3.28. The van der Waals surface area contributed by atoms with Gasteiger partial charge in [-0.15, -0.1) is 0 Å². The average molecular weight is 417 g/mol. The van der Waals surface area contributed by atoms with Gasteiger partial charge in [-0.3, -0.25) is 0 Å². The molecule has 0 N–H and O–H groups in total. The third-order valence-electron chi connectivity index (χ3n) is 5.76. The molecule has 148 valence electrons. The molecule has 0 saturated heterocycles. The van der Waals surface area contributed by atoms with Gasteiger partial charge in [-0.2, -0.15) is 0 Å². The molecule has 0 saturated carbocycles. The number of hydrogen-bond acceptors (Lipinski definition) is 1. The Morgan fingerprint density at radius 1 is 0.452 bits per heavy atom. The first-order valence-electron chi connectivity index (χ1n) is 10.4. The number of carbonyl (C=O) groups is 1. The van der Waals surface area contributed by atoms with E-state index < -0.39 is 7.26 Å². The molecule has 0 amide bonds. The summed E-state index contributed by atoms with van der Waals surface area (Å²) in [6, 6.07) is 45.1. The van der Waals surface area contributed by atoms with E-state index >= 15 is 0 Å². The lowest BCUT2D eigenvalue weighted by Gasteiger charge is -2.26. The zero-order valence-electron chi connectivity index (χ0n) is 17.1. The Bertz CT molecular complexity index is 1230. The van der Waals surface area contributed by atoms with Crippen LogP contribution in [-0.4, -0.2) is 5.52 Å². The van der Waals surface area contributed by atoms with Gasteiger partial charge in [-0.1, -0.05) is 91.0 Å². The largest absolute Gasteiger partial charge is 0.314 e. The minimum Gasteiger partial charge on any atom is -0.246 e. The van der Waals surface area contributed by atoms with Crippen molar-refractivity contribution in [2.75, 3.05) is 0 Å². The first kappa shape index (κ1) is 19.4. The number of hydrogen-bond donors (Lipinski definition) is 0. The Balaban J connectivity index is 1.89. The maximum atomic E-state index is 14.7. The van der Waals surface area contributed by atoms with E-state index in [1.54, 1.807) is 0 Å². The molecular weight excluding hydrogens is 395 g/mol. The van der Waals surface area contributed by atoms with Crippen LogP contribution in [-0.2, 0) is 0 Å². The number of benzene rings is 5. The Morgan fingerprint density at radius 3 is 1.39 bits per heavy atom. The summed E-state index contributed by atoms with van der Waals surface area (Å²) in [7, 11) is -2.61. The minimum atomic E-state index is -2.61. The van der Waals surface area contributed by atoms with Crippen molar-refractivity contribution >= 4 is 39.5 Å². The minimum absolute atomic E-state index is 0.188. The zero-order chi connectivity index (χ0) is 21.1. The van der Waals surface area contributed by atoms with E-state index in [1.165, 1.54) is 0 Å². The van der Waals surface area contributed by atoms with Crippen LogP contribution < -0.4 is 15.9 Å². The standard InChI is InChI=1S/C29H22OP/c30-29(28-22-12-14-23-13-10-11-21-27(23)28)31(24-15-4-1-5-16-24,25-17-6-2-7-18-25)26-19-8-3-9-20-26/h1-22H/q+1. The van der Waals surface area contributed by atoms with Gasteiger partial charge in [-0.05, 0) is 53.2 Å². The van der Waals surface area contributed by atoms with Gasteiger partial charge in [0.15, 0.2) is 7.26 Å². The van der Waals surface area contributed by atoms with Crippen molar-refractivity contribution in [2.24, 2.45) is 0 Å². The second-order valence-corrected chi connectivity index (χ2v) is 10.8. The first-order valence-corrected chi connectivity index (χ1v) is 12.2. The maximum absolute atomic E-state index is 14.7. The van der Waals surface area contributed by atoms with E-state index in [2.05, 4.69) is 54.6 Å². The van der Waals surface area contributed by atoms with E-state index in [1.807, 2.05) is 78.9 Å². The monoisotopic (exact) mass is 417 g/mol. The molecule has 0 aliphatic rings. The van der Waals surface area contributed by atoms with E-state index in [9.17, 15) is 4.79 Å². The molecule has 5 rings (SSSR count). The highest BCUT2D eigenvalue weighted by molar-refractivity contribution is 8.08. The summed E-state index contributed by atoms with van der Waals surface area (Å²) < 4.78 is 0. The van der Waals surface area contributed by atoms with Crippen molar-refractivity contribution in [3.8, 4) is 0 Å². The van der Waals surface area contributed by atoms with E-state index in [0.29, 0.717) is 0 Å². The van der Waals surface area contributed by atoms with Gasteiger partial charge in [0.1, 0.15) is 15.9 Å². The third-order valence-corrected chi connectivity index (χ3v) is 9.82. The molecule has 0 spiro atoms. The van der Waals surface area contributed by atoms with Gasteiger partial charge in [0.05, 0.1) is 5.56 Å². The second kappa shape index (κ2) is 8.30. The molecule has 0 bridgehead atoms. The predicted molar refractivity (Wildman–Crippen MR) is 133 cm³/mol. The first-order chi connectivity index (χ1) is 15.3. The van der Waals surface area contributed by atoms with Crippen molar-refractivity contribution in [1.82, 2.24) is 0 Å². The highest BCUT2D eigenvalue weighted by atomic mass is 31.2. The summed E-state index contributed by atoms with van der Waals surface area (Å²) in [5.41, 5.74) is 0.968. The van der Waals surface area contributed by atoms with E-state index in [0.717, 1.165) is 32.2 Å². The van der Waals surface area contributed by atoms with Crippen LogP contribution >= 0.6 is 7.26 Å².